The van der Waals surface area contributed by atoms with E-state index in [2.05, 4.69) is 5.32 Å². The molecule has 150 valence electrons. The number of amides is 2. The average Bonchev–Trinajstić information content (AvgIpc) is 2.95. The molecule has 30 heavy (non-hydrogen) atoms. The number of carbonyl (C=O) groups excluding carboxylic acids is 2. The van der Waals surface area contributed by atoms with E-state index in [1.165, 1.54) is 4.90 Å². The molecule has 3 aromatic carbocycles. The molecule has 1 N–H and O–H groups in total. The lowest BCUT2D eigenvalue weighted by Crippen LogP contribution is -2.32. The predicted molar refractivity (Wildman–Crippen MR) is 121 cm³/mol. The molecule has 0 unspecified atom stereocenters. The van der Waals surface area contributed by atoms with Crippen molar-refractivity contribution in [2.24, 2.45) is 0 Å². The second-order valence-electron chi connectivity index (χ2n) is 7.77. The van der Waals surface area contributed by atoms with E-state index < -0.39 is 0 Å². The number of hydrogen-bond donors (Lipinski definition) is 1. The molecule has 4 heteroatoms. The fourth-order valence-corrected chi connectivity index (χ4v) is 3.66. The summed E-state index contributed by atoms with van der Waals surface area (Å²) in [5, 5.41) is 3.25. The predicted octanol–water partition coefficient (Wildman–Crippen LogP) is 5.32. The Morgan fingerprint density at radius 2 is 1.47 bits per heavy atom. The minimum absolute atomic E-state index is 0.305. The van der Waals surface area contributed by atoms with Gasteiger partial charge in [0, 0.05) is 5.69 Å². The summed E-state index contributed by atoms with van der Waals surface area (Å²) in [5.74, 6) is -0.660. The first-order valence-electron chi connectivity index (χ1n) is 9.97. The molecule has 0 radical (unpaired) electrons. The van der Waals surface area contributed by atoms with E-state index >= 15 is 0 Å². The number of nitrogens with one attached hydrogen (secondary N) is 1. The van der Waals surface area contributed by atoms with E-state index in [0.29, 0.717) is 17.0 Å². The van der Waals surface area contributed by atoms with Gasteiger partial charge in [0.05, 0.1) is 11.3 Å². The molecule has 1 heterocycles. The maximum absolute atomic E-state index is 13.5. The van der Waals surface area contributed by atoms with Crippen LogP contribution in [-0.2, 0) is 9.59 Å². The molecular weight excluding hydrogens is 372 g/mol. The Morgan fingerprint density at radius 1 is 0.700 bits per heavy atom. The lowest BCUT2D eigenvalue weighted by molar-refractivity contribution is -0.120. The van der Waals surface area contributed by atoms with Crippen molar-refractivity contribution in [3.63, 3.8) is 0 Å². The van der Waals surface area contributed by atoms with Crippen LogP contribution in [0.4, 0.5) is 11.4 Å². The van der Waals surface area contributed by atoms with Gasteiger partial charge in [-0.1, -0.05) is 48.5 Å². The van der Waals surface area contributed by atoms with Gasteiger partial charge in [-0.05, 0) is 73.7 Å². The highest BCUT2D eigenvalue weighted by molar-refractivity contribution is 6.46. The van der Waals surface area contributed by atoms with Gasteiger partial charge in [0.2, 0.25) is 0 Å². The summed E-state index contributed by atoms with van der Waals surface area (Å²) in [4.78, 5) is 28.2. The second kappa shape index (κ2) is 7.64. The fourth-order valence-electron chi connectivity index (χ4n) is 3.66. The molecule has 0 aromatic heterocycles. The fraction of sp³-hybridized carbons (Fsp3) is 0.154. The van der Waals surface area contributed by atoms with Crippen molar-refractivity contribution in [3.8, 4) is 0 Å². The van der Waals surface area contributed by atoms with E-state index in [1.54, 1.807) is 6.07 Å². The standard InChI is InChI=1S/C26H24N2O2/c1-16-8-7-10-21(14-16)28-25(29)23(20-13-12-17(2)19(4)15-20)24(26(28)30)27-22-11-6-5-9-18(22)3/h5-15,27H,1-4H3. The van der Waals surface area contributed by atoms with E-state index in [0.717, 1.165) is 33.5 Å². The molecule has 0 aliphatic carbocycles. The van der Waals surface area contributed by atoms with Crippen LogP contribution in [0, 0.1) is 27.7 Å². The zero-order valence-electron chi connectivity index (χ0n) is 17.6. The zero-order valence-corrected chi connectivity index (χ0v) is 17.6. The summed E-state index contributed by atoms with van der Waals surface area (Å²) in [6.07, 6.45) is 0. The third-order valence-electron chi connectivity index (χ3n) is 5.54. The molecule has 4 rings (SSSR count). The number of imide groups is 1. The molecule has 1 aliphatic heterocycles. The SMILES string of the molecule is Cc1cccc(N2C(=O)C(Nc3ccccc3C)=C(c3ccc(C)c(C)c3)C2=O)c1. The van der Waals surface area contributed by atoms with Gasteiger partial charge in [-0.25, -0.2) is 4.90 Å². The van der Waals surface area contributed by atoms with Crippen LogP contribution in [0.25, 0.3) is 5.57 Å². The normalized spacial score (nSPS) is 13.9. The van der Waals surface area contributed by atoms with Crippen LogP contribution >= 0.6 is 0 Å². The third-order valence-corrected chi connectivity index (χ3v) is 5.54. The summed E-state index contributed by atoms with van der Waals surface area (Å²) < 4.78 is 0. The lowest BCUT2D eigenvalue weighted by Gasteiger charge is -2.16. The Hall–Kier alpha value is -3.66. The number of aryl methyl sites for hydroxylation is 4. The number of benzene rings is 3. The van der Waals surface area contributed by atoms with Crippen LogP contribution < -0.4 is 10.2 Å². The van der Waals surface area contributed by atoms with Gasteiger partial charge in [-0.2, -0.15) is 0 Å². The number of para-hydroxylation sites is 1. The van der Waals surface area contributed by atoms with Gasteiger partial charge < -0.3 is 5.32 Å². The highest BCUT2D eigenvalue weighted by atomic mass is 16.2. The highest BCUT2D eigenvalue weighted by Crippen LogP contribution is 2.35. The maximum atomic E-state index is 13.5. The van der Waals surface area contributed by atoms with Gasteiger partial charge in [-0.15, -0.1) is 0 Å². The Balaban J connectivity index is 1.87. The lowest BCUT2D eigenvalue weighted by atomic mass is 9.99. The number of rotatable bonds is 4. The van der Waals surface area contributed by atoms with Gasteiger partial charge in [-0.3, -0.25) is 9.59 Å². The topological polar surface area (TPSA) is 49.4 Å². The first-order chi connectivity index (χ1) is 14.4. The summed E-state index contributed by atoms with van der Waals surface area (Å²) in [6.45, 7) is 7.95. The van der Waals surface area contributed by atoms with Crippen molar-refractivity contribution in [1.29, 1.82) is 0 Å². The van der Waals surface area contributed by atoms with Gasteiger partial charge in [0.1, 0.15) is 5.70 Å². The molecule has 0 atom stereocenters. The molecule has 1 aliphatic rings. The van der Waals surface area contributed by atoms with Crippen molar-refractivity contribution in [2.75, 3.05) is 10.2 Å². The van der Waals surface area contributed by atoms with E-state index in [9.17, 15) is 9.59 Å². The Morgan fingerprint density at radius 3 is 2.17 bits per heavy atom. The molecule has 0 saturated heterocycles. The summed E-state index contributed by atoms with van der Waals surface area (Å²) in [6, 6.07) is 21.0. The van der Waals surface area contributed by atoms with Crippen molar-refractivity contribution in [2.45, 2.75) is 27.7 Å². The number of hydrogen-bond acceptors (Lipinski definition) is 3. The average molecular weight is 396 g/mol. The second-order valence-corrected chi connectivity index (χ2v) is 7.77. The van der Waals surface area contributed by atoms with Gasteiger partial charge in [0.15, 0.2) is 0 Å². The Labute approximate surface area is 176 Å². The highest BCUT2D eigenvalue weighted by Gasteiger charge is 2.40. The number of carbonyl (C=O) groups is 2. The molecule has 4 nitrogen and oxygen atoms in total. The van der Waals surface area contributed by atoms with Crippen molar-refractivity contribution < 1.29 is 9.59 Å². The van der Waals surface area contributed by atoms with Gasteiger partial charge >= 0.3 is 0 Å². The van der Waals surface area contributed by atoms with Crippen molar-refractivity contribution in [1.82, 2.24) is 0 Å². The van der Waals surface area contributed by atoms with Crippen molar-refractivity contribution >= 4 is 28.8 Å². The summed E-state index contributed by atoms with van der Waals surface area (Å²) in [5.41, 5.74) is 7.02. The molecule has 0 fully saturated rings. The maximum Gasteiger partial charge on any atom is 0.282 e. The van der Waals surface area contributed by atoms with Crippen LogP contribution in [0.5, 0.6) is 0 Å². The summed E-state index contributed by atoms with van der Waals surface area (Å²) in [7, 11) is 0. The largest absolute Gasteiger partial charge is 0.350 e. The minimum atomic E-state index is -0.345. The smallest absolute Gasteiger partial charge is 0.282 e. The quantitative estimate of drug-likeness (QED) is 0.608. The van der Waals surface area contributed by atoms with Crippen molar-refractivity contribution in [3.05, 3.63) is 100 Å². The zero-order chi connectivity index (χ0) is 21.4. The van der Waals surface area contributed by atoms with Crippen LogP contribution in [0.15, 0.2) is 72.4 Å². The van der Waals surface area contributed by atoms with Crippen LogP contribution in [-0.4, -0.2) is 11.8 Å². The summed E-state index contributed by atoms with van der Waals surface area (Å²) >= 11 is 0. The van der Waals surface area contributed by atoms with Crippen LogP contribution in [0.1, 0.15) is 27.8 Å². The molecule has 0 saturated carbocycles. The molecule has 2 amide bonds. The van der Waals surface area contributed by atoms with Crippen LogP contribution in [0.2, 0.25) is 0 Å². The molecular formula is C26H24N2O2. The Kier molecular flexibility index (Phi) is 5.00. The van der Waals surface area contributed by atoms with Gasteiger partial charge in [0.25, 0.3) is 11.8 Å². The Bertz CT molecular complexity index is 1210. The van der Waals surface area contributed by atoms with Crippen LogP contribution in [0.3, 0.4) is 0 Å². The third kappa shape index (κ3) is 3.41. The van der Waals surface area contributed by atoms with E-state index in [-0.39, 0.29) is 11.8 Å². The molecule has 0 bridgehead atoms. The van der Waals surface area contributed by atoms with E-state index in [1.807, 2.05) is 88.4 Å². The van der Waals surface area contributed by atoms with E-state index in [4.69, 9.17) is 0 Å². The molecule has 0 spiro atoms. The number of anilines is 2. The molecule has 3 aromatic rings. The first kappa shape index (κ1) is 19.6. The number of nitrogens with zero attached hydrogens (tertiary/aromatic N) is 1. The monoisotopic (exact) mass is 396 g/mol. The minimum Gasteiger partial charge on any atom is -0.350 e. The first-order valence-corrected chi connectivity index (χ1v) is 9.97.